The number of carbonyl (C=O) groups is 2. The first-order chi connectivity index (χ1) is 18.7. The molecule has 2 aromatic carbocycles. The third-order valence-electron chi connectivity index (χ3n) is 6.11. The van der Waals surface area contributed by atoms with Gasteiger partial charge in [-0.25, -0.2) is 4.79 Å². The molecule has 0 aliphatic carbocycles. The SMILES string of the molecule is CC[C@@H](CC(=O)OC(C)OP(C)(=O)O)c1ccc(N(CC(C)C)CC(C)C)c(NC(=O)Nc2ccc(C)cc2)c1. The van der Waals surface area contributed by atoms with Gasteiger partial charge in [0.2, 0.25) is 6.29 Å². The van der Waals surface area contributed by atoms with Crippen LogP contribution in [0.25, 0.3) is 0 Å². The van der Waals surface area contributed by atoms with Crippen LogP contribution in [-0.4, -0.2) is 42.9 Å². The van der Waals surface area contributed by atoms with Gasteiger partial charge >= 0.3 is 19.6 Å². The third kappa shape index (κ3) is 11.7. The van der Waals surface area contributed by atoms with Crippen molar-refractivity contribution in [3.63, 3.8) is 0 Å². The van der Waals surface area contributed by atoms with E-state index < -0.39 is 19.9 Å². The van der Waals surface area contributed by atoms with E-state index >= 15 is 0 Å². The van der Waals surface area contributed by atoms with Gasteiger partial charge in [0, 0.05) is 25.4 Å². The van der Waals surface area contributed by atoms with Gasteiger partial charge in [0.25, 0.3) is 0 Å². The molecule has 9 nitrogen and oxygen atoms in total. The summed E-state index contributed by atoms with van der Waals surface area (Å²) in [5.41, 5.74) is 4.22. The zero-order valence-corrected chi connectivity index (χ0v) is 26.0. The van der Waals surface area contributed by atoms with E-state index in [2.05, 4.69) is 43.2 Å². The second-order valence-electron chi connectivity index (χ2n) is 11.2. The molecular formula is C30H46N3O6P. The van der Waals surface area contributed by atoms with E-state index in [1.807, 2.05) is 56.3 Å². The Morgan fingerprint density at radius 2 is 1.57 bits per heavy atom. The number of anilines is 3. The Labute approximate surface area is 239 Å². The maximum Gasteiger partial charge on any atom is 0.328 e. The lowest BCUT2D eigenvalue weighted by Crippen LogP contribution is -2.32. The second kappa shape index (κ2) is 15.2. The lowest BCUT2D eigenvalue weighted by Gasteiger charge is -2.31. The van der Waals surface area contributed by atoms with Gasteiger partial charge in [-0.2, -0.15) is 0 Å². The number of hydrogen-bond donors (Lipinski definition) is 3. The maximum atomic E-state index is 13.1. The molecule has 0 heterocycles. The molecule has 40 heavy (non-hydrogen) atoms. The van der Waals surface area contributed by atoms with Crippen molar-refractivity contribution in [2.45, 2.75) is 73.5 Å². The van der Waals surface area contributed by atoms with Crippen LogP contribution < -0.4 is 15.5 Å². The Hall–Kier alpha value is -2.87. The number of nitrogens with one attached hydrogen (secondary N) is 2. The summed E-state index contributed by atoms with van der Waals surface area (Å²) in [6, 6.07) is 13.1. The van der Waals surface area contributed by atoms with E-state index in [0.29, 0.717) is 29.6 Å². The second-order valence-corrected chi connectivity index (χ2v) is 13.0. The van der Waals surface area contributed by atoms with Crippen LogP contribution >= 0.6 is 7.60 Å². The number of ether oxygens (including phenoxy) is 1. The maximum absolute atomic E-state index is 13.1. The average Bonchev–Trinajstić information content (AvgIpc) is 2.81. The first-order valence-corrected chi connectivity index (χ1v) is 15.9. The number of aryl methyl sites for hydroxylation is 1. The van der Waals surface area contributed by atoms with Crippen molar-refractivity contribution in [2.75, 3.05) is 35.3 Å². The van der Waals surface area contributed by atoms with Crippen LogP contribution in [0.3, 0.4) is 0 Å². The minimum Gasteiger partial charge on any atom is -0.436 e. The molecule has 2 rings (SSSR count). The van der Waals surface area contributed by atoms with E-state index in [4.69, 9.17) is 9.26 Å². The smallest absolute Gasteiger partial charge is 0.328 e. The van der Waals surface area contributed by atoms with Crippen molar-refractivity contribution in [3.8, 4) is 0 Å². The van der Waals surface area contributed by atoms with Gasteiger partial charge in [0.15, 0.2) is 0 Å². The number of nitrogens with zero attached hydrogens (tertiary/aromatic N) is 1. The van der Waals surface area contributed by atoms with Crippen molar-refractivity contribution in [2.24, 2.45) is 11.8 Å². The lowest BCUT2D eigenvalue weighted by atomic mass is 9.92. The van der Waals surface area contributed by atoms with Crippen LogP contribution in [0.2, 0.25) is 0 Å². The molecule has 0 saturated heterocycles. The van der Waals surface area contributed by atoms with Crippen LogP contribution in [0.4, 0.5) is 21.9 Å². The number of esters is 1. The van der Waals surface area contributed by atoms with Crippen molar-refractivity contribution in [1.29, 1.82) is 0 Å². The molecule has 2 unspecified atom stereocenters. The fourth-order valence-electron chi connectivity index (χ4n) is 4.49. The van der Waals surface area contributed by atoms with Gasteiger partial charge in [0.05, 0.1) is 17.8 Å². The van der Waals surface area contributed by atoms with Crippen LogP contribution in [0, 0.1) is 18.8 Å². The first-order valence-electron chi connectivity index (χ1n) is 13.9. The molecular weight excluding hydrogens is 529 g/mol. The van der Waals surface area contributed by atoms with Gasteiger partial charge in [-0.15, -0.1) is 0 Å². The number of carbonyl (C=O) groups excluding carboxylic acids is 2. The van der Waals surface area contributed by atoms with Crippen molar-refractivity contribution in [3.05, 3.63) is 53.6 Å². The molecule has 0 radical (unpaired) electrons. The average molecular weight is 576 g/mol. The van der Waals surface area contributed by atoms with Gasteiger partial charge in [-0.05, 0) is 67.9 Å². The molecule has 3 atom stereocenters. The fourth-order valence-corrected chi connectivity index (χ4v) is 5.08. The topological polar surface area (TPSA) is 117 Å². The fraction of sp³-hybridized carbons (Fsp3) is 0.533. The summed E-state index contributed by atoms with van der Waals surface area (Å²) in [4.78, 5) is 37.4. The third-order valence-corrected chi connectivity index (χ3v) is 6.80. The Kier molecular flexibility index (Phi) is 12.7. The zero-order valence-electron chi connectivity index (χ0n) is 25.1. The van der Waals surface area contributed by atoms with E-state index in [1.165, 1.54) is 6.92 Å². The molecule has 0 aliphatic rings. The molecule has 2 amide bonds. The van der Waals surface area contributed by atoms with Crippen LogP contribution in [-0.2, 0) is 18.6 Å². The monoisotopic (exact) mass is 575 g/mol. The lowest BCUT2D eigenvalue weighted by molar-refractivity contribution is -0.162. The highest BCUT2D eigenvalue weighted by atomic mass is 31.2. The molecule has 3 N–H and O–H groups in total. The van der Waals surface area contributed by atoms with Crippen LogP contribution in [0.15, 0.2) is 42.5 Å². The highest BCUT2D eigenvalue weighted by Crippen LogP contribution is 2.39. The summed E-state index contributed by atoms with van der Waals surface area (Å²) in [6.45, 7) is 16.7. The highest BCUT2D eigenvalue weighted by molar-refractivity contribution is 7.51. The summed E-state index contributed by atoms with van der Waals surface area (Å²) in [5, 5.41) is 5.94. The Morgan fingerprint density at radius 3 is 2.10 bits per heavy atom. The van der Waals surface area contributed by atoms with E-state index in [-0.39, 0.29) is 18.4 Å². The molecule has 0 aliphatic heterocycles. The molecule has 0 aromatic heterocycles. The first kappa shape index (κ1) is 33.3. The zero-order chi connectivity index (χ0) is 30.0. The summed E-state index contributed by atoms with van der Waals surface area (Å²) in [5.74, 6) is 0.0881. The van der Waals surface area contributed by atoms with Gasteiger partial charge in [-0.1, -0.05) is 58.4 Å². The molecule has 0 bridgehead atoms. The van der Waals surface area contributed by atoms with Gasteiger partial charge in [0.1, 0.15) is 0 Å². The molecule has 2 aromatic rings. The standard InChI is InChI=1S/C30H46N3O6P/c1-9-24(17-29(34)38-23(7)39-40(8,36)37)25-12-15-28(33(18-20(2)3)19-21(4)5)27(16-25)32-30(35)31-26-13-10-22(6)11-14-26/h10-16,20-21,23-24H,9,17-19H2,1-8H3,(H,36,37)(H2,31,32,35)/t23?,24-/m0/s1. The minimum absolute atomic E-state index is 0.0553. The van der Waals surface area contributed by atoms with Crippen LogP contribution in [0.1, 0.15) is 71.4 Å². The Balaban J connectivity index is 2.36. The summed E-state index contributed by atoms with van der Waals surface area (Å²) in [6.07, 6.45) is -0.441. The molecule has 222 valence electrons. The summed E-state index contributed by atoms with van der Waals surface area (Å²) >= 11 is 0. The molecule has 0 saturated carbocycles. The largest absolute Gasteiger partial charge is 0.436 e. The normalized spacial score (nSPS) is 14.4. The van der Waals surface area contributed by atoms with Crippen molar-refractivity contribution >= 4 is 36.7 Å². The van der Waals surface area contributed by atoms with Crippen LogP contribution in [0.5, 0.6) is 0 Å². The predicted molar refractivity (Wildman–Crippen MR) is 162 cm³/mol. The Bertz CT molecular complexity index is 1150. The number of rotatable bonds is 14. The minimum atomic E-state index is -3.79. The summed E-state index contributed by atoms with van der Waals surface area (Å²) in [7, 11) is -3.79. The number of amides is 2. The number of benzene rings is 2. The number of urea groups is 1. The highest BCUT2D eigenvalue weighted by Gasteiger charge is 2.23. The van der Waals surface area contributed by atoms with Crippen molar-refractivity contribution < 1.29 is 28.3 Å². The molecule has 0 spiro atoms. The quantitative estimate of drug-likeness (QED) is 0.122. The van der Waals surface area contributed by atoms with Gasteiger partial charge < -0.3 is 25.2 Å². The Morgan fingerprint density at radius 1 is 0.975 bits per heavy atom. The van der Waals surface area contributed by atoms with Gasteiger partial charge in [-0.3, -0.25) is 13.9 Å². The number of hydrogen-bond acceptors (Lipinski definition) is 6. The molecule has 0 fully saturated rings. The molecule has 10 heteroatoms. The summed E-state index contributed by atoms with van der Waals surface area (Å²) < 4.78 is 21.6. The predicted octanol–water partition coefficient (Wildman–Crippen LogP) is 7.36. The van der Waals surface area contributed by atoms with E-state index in [9.17, 15) is 19.0 Å². The van der Waals surface area contributed by atoms with Crippen molar-refractivity contribution in [1.82, 2.24) is 0 Å². The van der Waals surface area contributed by atoms with E-state index in [1.54, 1.807) is 0 Å². The van der Waals surface area contributed by atoms with E-state index in [0.717, 1.165) is 36.6 Å².